The Balaban J connectivity index is 1.81. The second-order valence-electron chi connectivity index (χ2n) is 5.88. The summed E-state index contributed by atoms with van der Waals surface area (Å²) in [6, 6.07) is 1.85. The molecule has 1 unspecified atom stereocenters. The molecular weight excluding hydrogens is 307 g/mol. The van der Waals surface area contributed by atoms with Crippen LogP contribution in [0.1, 0.15) is 25.6 Å². The Morgan fingerprint density at radius 3 is 2.76 bits per heavy atom. The number of aromatic nitrogens is 3. The Kier molecular flexibility index (Phi) is 4.67. The van der Waals surface area contributed by atoms with Crippen molar-refractivity contribution in [2.45, 2.75) is 32.2 Å². The van der Waals surface area contributed by atoms with Gasteiger partial charge in [-0.2, -0.15) is 0 Å². The van der Waals surface area contributed by atoms with Crippen molar-refractivity contribution in [2.75, 3.05) is 19.6 Å². The van der Waals surface area contributed by atoms with E-state index in [4.69, 9.17) is 23.2 Å². The van der Waals surface area contributed by atoms with Crippen LogP contribution < -0.4 is 0 Å². The van der Waals surface area contributed by atoms with Gasteiger partial charge in [-0.15, -0.1) is 11.6 Å². The number of hydrogen-bond donors (Lipinski definition) is 0. The van der Waals surface area contributed by atoms with Crippen molar-refractivity contribution < 1.29 is 0 Å². The highest BCUT2D eigenvalue weighted by molar-refractivity contribution is 6.31. The molecule has 3 heterocycles. The Labute approximate surface area is 135 Å². The molecule has 2 aromatic rings. The molecule has 1 aliphatic heterocycles. The summed E-state index contributed by atoms with van der Waals surface area (Å²) in [5.41, 5.74) is 1.70. The van der Waals surface area contributed by atoms with E-state index in [1.807, 2.05) is 6.07 Å². The maximum atomic E-state index is 6.04. The van der Waals surface area contributed by atoms with Gasteiger partial charge in [0, 0.05) is 19.3 Å². The second-order valence-corrected chi connectivity index (χ2v) is 6.59. The first-order valence-corrected chi connectivity index (χ1v) is 8.37. The van der Waals surface area contributed by atoms with Crippen LogP contribution in [-0.4, -0.2) is 39.1 Å². The summed E-state index contributed by atoms with van der Waals surface area (Å²) in [6.07, 6.45) is 4.33. The third kappa shape index (κ3) is 3.33. The molecule has 0 amide bonds. The van der Waals surface area contributed by atoms with E-state index in [1.54, 1.807) is 6.20 Å². The molecule has 3 rings (SSSR count). The molecule has 0 aromatic carbocycles. The Morgan fingerprint density at radius 2 is 2.05 bits per heavy atom. The number of alkyl halides is 1. The third-order valence-corrected chi connectivity index (χ3v) is 4.46. The van der Waals surface area contributed by atoms with Gasteiger partial charge in [-0.1, -0.05) is 18.5 Å². The molecule has 0 spiro atoms. The highest BCUT2D eigenvalue weighted by atomic mass is 35.5. The van der Waals surface area contributed by atoms with E-state index in [-0.39, 0.29) is 0 Å². The third-order valence-electron chi connectivity index (χ3n) is 4.01. The van der Waals surface area contributed by atoms with E-state index in [2.05, 4.69) is 26.4 Å². The van der Waals surface area contributed by atoms with Crippen molar-refractivity contribution in [3.8, 4) is 0 Å². The van der Waals surface area contributed by atoms with Gasteiger partial charge in [-0.25, -0.2) is 9.97 Å². The highest BCUT2D eigenvalue weighted by Gasteiger charge is 2.18. The molecule has 1 aliphatic rings. The molecule has 2 aromatic heterocycles. The van der Waals surface area contributed by atoms with Crippen LogP contribution in [0.4, 0.5) is 0 Å². The smallest absolute Gasteiger partial charge is 0.160 e. The summed E-state index contributed by atoms with van der Waals surface area (Å²) in [6.45, 7) is 6.74. The number of fused-ring (bicyclic) bond motifs is 1. The highest BCUT2D eigenvalue weighted by Crippen LogP contribution is 2.21. The minimum absolute atomic E-state index is 0.393. The average molecular weight is 327 g/mol. The molecule has 0 radical (unpaired) electrons. The van der Waals surface area contributed by atoms with E-state index in [1.165, 1.54) is 25.9 Å². The average Bonchev–Trinajstić information content (AvgIpc) is 3.06. The van der Waals surface area contributed by atoms with Crippen molar-refractivity contribution in [3.05, 3.63) is 23.1 Å². The van der Waals surface area contributed by atoms with E-state index in [0.717, 1.165) is 30.1 Å². The van der Waals surface area contributed by atoms with Gasteiger partial charge < -0.3 is 9.47 Å². The molecule has 6 heteroatoms. The van der Waals surface area contributed by atoms with Gasteiger partial charge in [0.2, 0.25) is 0 Å². The van der Waals surface area contributed by atoms with Crippen molar-refractivity contribution in [2.24, 2.45) is 5.92 Å². The molecule has 4 nitrogen and oxygen atoms in total. The number of hydrogen-bond acceptors (Lipinski definition) is 3. The Hall–Kier alpha value is -0.840. The summed E-state index contributed by atoms with van der Waals surface area (Å²) >= 11 is 12.0. The van der Waals surface area contributed by atoms with Crippen LogP contribution in [0.2, 0.25) is 5.02 Å². The van der Waals surface area contributed by atoms with Crippen LogP contribution in [0, 0.1) is 5.92 Å². The quantitative estimate of drug-likeness (QED) is 0.788. The van der Waals surface area contributed by atoms with Crippen LogP contribution in [-0.2, 0) is 12.4 Å². The van der Waals surface area contributed by atoms with Crippen molar-refractivity contribution in [3.63, 3.8) is 0 Å². The van der Waals surface area contributed by atoms with Gasteiger partial charge in [-0.3, -0.25) is 0 Å². The predicted molar refractivity (Wildman–Crippen MR) is 86.9 cm³/mol. The minimum atomic E-state index is 0.393. The first kappa shape index (κ1) is 15.1. The molecule has 0 saturated carbocycles. The molecule has 1 fully saturated rings. The SMILES string of the molecule is CC(CN1CCCC1)Cn1c(CCl)nc2cc(Cl)cnc21. The molecule has 1 atom stereocenters. The summed E-state index contributed by atoms with van der Waals surface area (Å²) in [5, 5.41) is 0.610. The topological polar surface area (TPSA) is 34.0 Å². The number of pyridine rings is 1. The van der Waals surface area contributed by atoms with Crippen molar-refractivity contribution in [1.82, 2.24) is 19.4 Å². The fourth-order valence-electron chi connectivity index (χ4n) is 3.10. The van der Waals surface area contributed by atoms with Gasteiger partial charge in [0.1, 0.15) is 11.3 Å². The lowest BCUT2D eigenvalue weighted by Crippen LogP contribution is -2.28. The van der Waals surface area contributed by atoms with Crippen LogP contribution in [0.5, 0.6) is 0 Å². The Morgan fingerprint density at radius 1 is 1.29 bits per heavy atom. The summed E-state index contributed by atoms with van der Waals surface area (Å²) < 4.78 is 2.14. The van der Waals surface area contributed by atoms with Crippen LogP contribution >= 0.6 is 23.2 Å². The fraction of sp³-hybridized carbons (Fsp3) is 0.600. The Bertz CT molecular complexity index is 619. The zero-order chi connectivity index (χ0) is 14.8. The first-order chi connectivity index (χ1) is 10.2. The van der Waals surface area contributed by atoms with Crippen LogP contribution in [0.3, 0.4) is 0 Å². The molecule has 1 saturated heterocycles. The van der Waals surface area contributed by atoms with Gasteiger partial charge in [0.15, 0.2) is 5.65 Å². The lowest BCUT2D eigenvalue weighted by atomic mass is 10.1. The summed E-state index contributed by atoms with van der Waals surface area (Å²) in [7, 11) is 0. The normalized spacial score (nSPS) is 17.7. The van der Waals surface area contributed by atoms with Crippen molar-refractivity contribution >= 4 is 34.4 Å². The number of nitrogens with zero attached hydrogens (tertiary/aromatic N) is 4. The molecule has 114 valence electrons. The fourth-order valence-corrected chi connectivity index (χ4v) is 3.46. The van der Waals surface area contributed by atoms with Gasteiger partial charge in [0.05, 0.1) is 10.9 Å². The van der Waals surface area contributed by atoms with Crippen LogP contribution in [0.25, 0.3) is 11.2 Å². The zero-order valence-corrected chi connectivity index (χ0v) is 13.7. The molecule has 0 aliphatic carbocycles. The van der Waals surface area contributed by atoms with E-state index >= 15 is 0 Å². The van der Waals surface area contributed by atoms with Crippen LogP contribution in [0.15, 0.2) is 12.3 Å². The van der Waals surface area contributed by atoms with E-state index in [9.17, 15) is 0 Å². The van der Waals surface area contributed by atoms with Gasteiger partial charge >= 0.3 is 0 Å². The van der Waals surface area contributed by atoms with Gasteiger partial charge in [-0.05, 0) is 37.9 Å². The van der Waals surface area contributed by atoms with E-state index < -0.39 is 0 Å². The lowest BCUT2D eigenvalue weighted by Gasteiger charge is -2.21. The number of halogens is 2. The zero-order valence-electron chi connectivity index (χ0n) is 12.2. The molecule has 0 bridgehead atoms. The first-order valence-electron chi connectivity index (χ1n) is 7.46. The minimum Gasteiger partial charge on any atom is -0.311 e. The largest absolute Gasteiger partial charge is 0.311 e. The number of likely N-dealkylation sites (tertiary alicyclic amines) is 1. The molecular formula is C15H20Cl2N4. The van der Waals surface area contributed by atoms with Gasteiger partial charge in [0.25, 0.3) is 0 Å². The molecule has 0 N–H and O–H groups in total. The maximum Gasteiger partial charge on any atom is 0.160 e. The number of rotatable bonds is 5. The summed E-state index contributed by atoms with van der Waals surface area (Å²) in [4.78, 5) is 11.5. The second kappa shape index (κ2) is 6.51. The monoisotopic (exact) mass is 326 g/mol. The predicted octanol–water partition coefficient (Wildman–Crippen LogP) is 3.56. The van der Waals surface area contributed by atoms with E-state index in [0.29, 0.717) is 16.8 Å². The lowest BCUT2D eigenvalue weighted by molar-refractivity contribution is 0.272. The number of imidazole rings is 1. The van der Waals surface area contributed by atoms with Crippen molar-refractivity contribution in [1.29, 1.82) is 0 Å². The standard InChI is InChI=1S/C15H20Cl2N4/c1-11(9-20-4-2-3-5-20)10-21-14(7-16)19-13-6-12(17)8-18-15(13)21/h6,8,11H,2-5,7,9-10H2,1H3. The molecule has 21 heavy (non-hydrogen) atoms. The maximum absolute atomic E-state index is 6.04. The summed E-state index contributed by atoms with van der Waals surface area (Å²) in [5.74, 6) is 1.80.